The van der Waals surface area contributed by atoms with Gasteiger partial charge < -0.3 is 19.9 Å². The lowest BCUT2D eigenvalue weighted by Crippen LogP contribution is -2.20. The third-order valence-corrected chi connectivity index (χ3v) is 2.69. The first kappa shape index (κ1) is 13.3. The predicted octanol–water partition coefficient (Wildman–Crippen LogP) is 1.80. The smallest absolute Gasteiger partial charge is 0.371 e. The molecule has 0 saturated heterocycles. The molecule has 0 amide bonds. The minimum Gasteiger partial charge on any atom is -0.475 e. The summed E-state index contributed by atoms with van der Waals surface area (Å²) in [7, 11) is 0. The molecule has 1 aromatic carbocycles. The maximum atomic E-state index is 10.6. The molecule has 2 rings (SSSR count). The van der Waals surface area contributed by atoms with E-state index in [2.05, 4.69) is 5.32 Å². The number of carboxylic acids is 1. The minimum absolute atomic E-state index is 0.0830. The van der Waals surface area contributed by atoms with E-state index in [0.29, 0.717) is 18.8 Å². The number of carboxylic acid groups (broad SMARTS) is 1. The lowest BCUT2D eigenvalue weighted by molar-refractivity contribution is 0.0660. The average molecular weight is 261 g/mol. The largest absolute Gasteiger partial charge is 0.475 e. The Morgan fingerprint density at radius 2 is 1.95 bits per heavy atom. The summed E-state index contributed by atoms with van der Waals surface area (Å²) in [5.74, 6) is -0.645. The van der Waals surface area contributed by atoms with E-state index in [4.69, 9.17) is 9.52 Å². The van der Waals surface area contributed by atoms with Crippen molar-refractivity contribution in [1.29, 1.82) is 0 Å². The Morgan fingerprint density at radius 3 is 2.58 bits per heavy atom. The molecule has 100 valence electrons. The number of aliphatic hydroxyl groups excluding tert-OH is 1. The van der Waals surface area contributed by atoms with Crippen molar-refractivity contribution < 1.29 is 19.4 Å². The second-order valence-electron chi connectivity index (χ2n) is 4.13. The lowest BCUT2D eigenvalue weighted by Gasteiger charge is -2.11. The van der Waals surface area contributed by atoms with Gasteiger partial charge in [-0.1, -0.05) is 30.3 Å². The fourth-order valence-corrected chi connectivity index (χ4v) is 1.71. The van der Waals surface area contributed by atoms with Crippen LogP contribution in [0.25, 0.3) is 0 Å². The Kier molecular flexibility index (Phi) is 4.33. The molecule has 0 aliphatic rings. The molecule has 0 bridgehead atoms. The topological polar surface area (TPSA) is 82.7 Å². The zero-order chi connectivity index (χ0) is 13.7. The molecule has 1 unspecified atom stereocenters. The second kappa shape index (κ2) is 6.17. The van der Waals surface area contributed by atoms with Crippen molar-refractivity contribution in [3.8, 4) is 0 Å². The van der Waals surface area contributed by atoms with Gasteiger partial charge in [-0.2, -0.15) is 0 Å². The Hall–Kier alpha value is -2.11. The van der Waals surface area contributed by atoms with Gasteiger partial charge in [-0.05, 0) is 17.7 Å². The van der Waals surface area contributed by atoms with Gasteiger partial charge in [-0.25, -0.2) is 4.79 Å². The molecule has 0 spiro atoms. The lowest BCUT2D eigenvalue weighted by atomic mass is 10.1. The number of benzene rings is 1. The first-order valence-electron chi connectivity index (χ1n) is 5.92. The highest BCUT2D eigenvalue weighted by molar-refractivity contribution is 5.84. The SMILES string of the molecule is O=C(O)c1ccc(CNCC(O)c2ccccc2)o1. The van der Waals surface area contributed by atoms with Crippen molar-refractivity contribution in [1.82, 2.24) is 5.32 Å². The summed E-state index contributed by atoms with van der Waals surface area (Å²) >= 11 is 0. The van der Waals surface area contributed by atoms with Gasteiger partial charge in [-0.15, -0.1) is 0 Å². The number of rotatable bonds is 6. The first-order chi connectivity index (χ1) is 9.16. The summed E-state index contributed by atoms with van der Waals surface area (Å²) in [6.07, 6.45) is -0.602. The normalized spacial score (nSPS) is 12.3. The van der Waals surface area contributed by atoms with Gasteiger partial charge in [0.25, 0.3) is 0 Å². The Labute approximate surface area is 110 Å². The predicted molar refractivity (Wildman–Crippen MR) is 68.8 cm³/mol. The van der Waals surface area contributed by atoms with E-state index in [1.165, 1.54) is 6.07 Å². The fourth-order valence-electron chi connectivity index (χ4n) is 1.71. The highest BCUT2D eigenvalue weighted by atomic mass is 16.4. The summed E-state index contributed by atoms with van der Waals surface area (Å²) in [6.45, 7) is 0.740. The van der Waals surface area contributed by atoms with Gasteiger partial charge in [0, 0.05) is 6.54 Å². The molecular formula is C14H15NO4. The van der Waals surface area contributed by atoms with Crippen LogP contribution in [0.4, 0.5) is 0 Å². The zero-order valence-corrected chi connectivity index (χ0v) is 10.2. The summed E-state index contributed by atoms with van der Waals surface area (Å²) in [5, 5.41) is 21.6. The Balaban J connectivity index is 1.81. The quantitative estimate of drug-likeness (QED) is 0.738. The molecule has 0 aliphatic carbocycles. The minimum atomic E-state index is -1.09. The van der Waals surface area contributed by atoms with Crippen molar-refractivity contribution >= 4 is 5.97 Å². The van der Waals surface area contributed by atoms with Crippen molar-refractivity contribution in [2.75, 3.05) is 6.54 Å². The number of nitrogens with one attached hydrogen (secondary N) is 1. The molecule has 1 aromatic heterocycles. The standard InChI is InChI=1S/C14H15NO4/c16-12(10-4-2-1-3-5-10)9-15-8-11-6-7-13(19-11)14(17)18/h1-7,12,15-16H,8-9H2,(H,17,18). The van der Waals surface area contributed by atoms with E-state index in [1.54, 1.807) is 6.07 Å². The highest BCUT2D eigenvalue weighted by Gasteiger charge is 2.10. The third-order valence-electron chi connectivity index (χ3n) is 2.69. The first-order valence-corrected chi connectivity index (χ1v) is 5.92. The summed E-state index contributed by atoms with van der Waals surface area (Å²) in [4.78, 5) is 10.6. The number of hydrogen-bond donors (Lipinski definition) is 3. The average Bonchev–Trinajstić information content (AvgIpc) is 2.89. The molecule has 5 heteroatoms. The van der Waals surface area contributed by atoms with Gasteiger partial charge in [0.15, 0.2) is 0 Å². The number of furan rings is 1. The van der Waals surface area contributed by atoms with E-state index in [-0.39, 0.29) is 5.76 Å². The molecule has 2 aromatic rings. The van der Waals surface area contributed by atoms with Crippen LogP contribution in [-0.2, 0) is 6.54 Å². The van der Waals surface area contributed by atoms with Crippen LogP contribution in [0.3, 0.4) is 0 Å². The van der Waals surface area contributed by atoms with Crippen molar-refractivity contribution in [3.63, 3.8) is 0 Å². The van der Waals surface area contributed by atoms with Crippen LogP contribution in [0.15, 0.2) is 46.9 Å². The van der Waals surface area contributed by atoms with Gasteiger partial charge in [0.1, 0.15) is 5.76 Å². The van der Waals surface area contributed by atoms with Crippen LogP contribution in [0.2, 0.25) is 0 Å². The number of aliphatic hydroxyl groups is 1. The van der Waals surface area contributed by atoms with Gasteiger partial charge in [0.2, 0.25) is 5.76 Å². The van der Waals surface area contributed by atoms with Gasteiger partial charge in [0.05, 0.1) is 12.6 Å². The monoisotopic (exact) mass is 261 g/mol. The van der Waals surface area contributed by atoms with Crippen molar-refractivity contribution in [2.45, 2.75) is 12.6 Å². The molecule has 1 atom stereocenters. The van der Waals surface area contributed by atoms with Crippen LogP contribution in [0.1, 0.15) is 28.0 Å². The molecule has 3 N–H and O–H groups in total. The molecule has 0 fully saturated rings. The van der Waals surface area contributed by atoms with Crippen LogP contribution >= 0.6 is 0 Å². The van der Waals surface area contributed by atoms with Crippen molar-refractivity contribution in [2.24, 2.45) is 0 Å². The van der Waals surface area contributed by atoms with Gasteiger partial charge in [-0.3, -0.25) is 0 Å². The maximum Gasteiger partial charge on any atom is 0.371 e. The highest BCUT2D eigenvalue weighted by Crippen LogP contribution is 2.11. The van der Waals surface area contributed by atoms with E-state index < -0.39 is 12.1 Å². The fraction of sp³-hybridized carbons (Fsp3) is 0.214. The van der Waals surface area contributed by atoms with E-state index >= 15 is 0 Å². The van der Waals surface area contributed by atoms with Crippen LogP contribution in [0.5, 0.6) is 0 Å². The molecule has 5 nitrogen and oxygen atoms in total. The van der Waals surface area contributed by atoms with Gasteiger partial charge >= 0.3 is 5.97 Å². The van der Waals surface area contributed by atoms with E-state index in [0.717, 1.165) is 5.56 Å². The number of hydrogen-bond acceptors (Lipinski definition) is 4. The molecule has 0 saturated carbocycles. The molecule has 1 heterocycles. The van der Waals surface area contributed by atoms with E-state index in [1.807, 2.05) is 30.3 Å². The van der Waals surface area contributed by atoms with Crippen LogP contribution < -0.4 is 5.32 Å². The summed E-state index contributed by atoms with van der Waals surface area (Å²) in [6, 6.07) is 12.3. The molecule has 0 radical (unpaired) electrons. The summed E-state index contributed by atoms with van der Waals surface area (Å²) < 4.78 is 5.09. The molecule has 19 heavy (non-hydrogen) atoms. The summed E-state index contributed by atoms with van der Waals surface area (Å²) in [5.41, 5.74) is 0.834. The van der Waals surface area contributed by atoms with Crippen molar-refractivity contribution in [3.05, 3.63) is 59.5 Å². The number of aromatic carboxylic acids is 1. The third kappa shape index (κ3) is 3.67. The Bertz CT molecular complexity index is 535. The van der Waals surface area contributed by atoms with E-state index in [9.17, 15) is 9.90 Å². The zero-order valence-electron chi connectivity index (χ0n) is 10.2. The second-order valence-corrected chi connectivity index (χ2v) is 4.13. The Morgan fingerprint density at radius 1 is 1.21 bits per heavy atom. The number of carbonyl (C=O) groups is 1. The molecule has 0 aliphatic heterocycles. The van der Waals surface area contributed by atoms with Crippen LogP contribution in [-0.4, -0.2) is 22.7 Å². The molecular weight excluding hydrogens is 246 g/mol. The maximum absolute atomic E-state index is 10.6. The van der Waals surface area contributed by atoms with Crippen LogP contribution in [0, 0.1) is 0 Å².